The molecule has 4 heteroatoms. The van der Waals surface area contributed by atoms with Gasteiger partial charge in [0.1, 0.15) is 11.8 Å². The van der Waals surface area contributed by atoms with Gasteiger partial charge in [0, 0.05) is 6.54 Å². The summed E-state index contributed by atoms with van der Waals surface area (Å²) in [6.07, 6.45) is 0. The number of rotatable bonds is 6. The number of nitrogens with zero attached hydrogens (tertiary/aromatic N) is 1. The molecule has 1 aromatic carbocycles. The maximum atomic E-state index is 8.94. The standard InChI is InChI=1S/C13H18N2O2/c1-10(2)9-17-15-8-11-4-5-13(16-3)12(6-11)7-14/h4-6,10,15H,8-9H2,1-3H3. The normalized spacial score (nSPS) is 10.3. The molecule has 0 aliphatic rings. The van der Waals surface area contributed by atoms with Crippen molar-refractivity contribution in [2.45, 2.75) is 20.4 Å². The second-order valence-electron chi connectivity index (χ2n) is 4.17. The lowest BCUT2D eigenvalue weighted by molar-refractivity contribution is 0.0196. The van der Waals surface area contributed by atoms with E-state index >= 15 is 0 Å². The molecule has 0 aliphatic carbocycles. The Hall–Kier alpha value is -1.57. The number of hydrogen-bond acceptors (Lipinski definition) is 4. The molecular weight excluding hydrogens is 216 g/mol. The van der Waals surface area contributed by atoms with Crippen LogP contribution < -0.4 is 10.2 Å². The van der Waals surface area contributed by atoms with Gasteiger partial charge in [-0.25, -0.2) is 0 Å². The predicted molar refractivity (Wildman–Crippen MR) is 65.3 cm³/mol. The van der Waals surface area contributed by atoms with Crippen LogP contribution in [0.5, 0.6) is 5.75 Å². The van der Waals surface area contributed by atoms with Gasteiger partial charge in [-0.1, -0.05) is 19.9 Å². The first-order valence-corrected chi connectivity index (χ1v) is 5.59. The summed E-state index contributed by atoms with van der Waals surface area (Å²) in [5.74, 6) is 1.09. The molecule has 0 radical (unpaired) electrons. The fourth-order valence-corrected chi connectivity index (χ4v) is 1.31. The molecule has 0 atom stereocenters. The summed E-state index contributed by atoms with van der Waals surface area (Å²) < 4.78 is 5.07. The zero-order chi connectivity index (χ0) is 12.7. The monoisotopic (exact) mass is 234 g/mol. The Balaban J connectivity index is 2.52. The van der Waals surface area contributed by atoms with Crippen LogP contribution in [0.1, 0.15) is 25.0 Å². The highest BCUT2D eigenvalue weighted by Crippen LogP contribution is 2.18. The van der Waals surface area contributed by atoms with Gasteiger partial charge in [-0.2, -0.15) is 10.7 Å². The van der Waals surface area contributed by atoms with Crippen LogP contribution in [0, 0.1) is 17.2 Å². The molecule has 1 N–H and O–H groups in total. The zero-order valence-corrected chi connectivity index (χ0v) is 10.5. The van der Waals surface area contributed by atoms with Crippen molar-refractivity contribution in [1.29, 1.82) is 5.26 Å². The summed E-state index contributed by atoms with van der Waals surface area (Å²) >= 11 is 0. The Morgan fingerprint density at radius 2 is 2.18 bits per heavy atom. The molecule has 0 heterocycles. The van der Waals surface area contributed by atoms with Gasteiger partial charge >= 0.3 is 0 Å². The molecule has 17 heavy (non-hydrogen) atoms. The first-order chi connectivity index (χ1) is 8.17. The molecule has 4 nitrogen and oxygen atoms in total. The number of benzene rings is 1. The van der Waals surface area contributed by atoms with E-state index in [1.54, 1.807) is 19.2 Å². The Morgan fingerprint density at radius 3 is 2.76 bits per heavy atom. The molecule has 0 aromatic heterocycles. The summed E-state index contributed by atoms with van der Waals surface area (Å²) in [5, 5.41) is 8.94. The lowest BCUT2D eigenvalue weighted by atomic mass is 10.1. The van der Waals surface area contributed by atoms with Gasteiger partial charge in [0.15, 0.2) is 0 Å². The van der Waals surface area contributed by atoms with Crippen molar-refractivity contribution in [3.8, 4) is 11.8 Å². The molecule has 0 amide bonds. The fraction of sp³-hybridized carbons (Fsp3) is 0.462. The van der Waals surface area contributed by atoms with Crippen LogP contribution in [0.25, 0.3) is 0 Å². The van der Waals surface area contributed by atoms with Gasteiger partial charge in [0.05, 0.1) is 19.3 Å². The number of nitriles is 1. The Bertz CT molecular complexity index is 397. The second-order valence-corrected chi connectivity index (χ2v) is 4.17. The predicted octanol–water partition coefficient (Wildman–Crippen LogP) is 2.24. The van der Waals surface area contributed by atoms with Crippen molar-refractivity contribution in [1.82, 2.24) is 5.48 Å². The number of ether oxygens (including phenoxy) is 1. The Kier molecular flexibility index (Phi) is 5.47. The lowest BCUT2D eigenvalue weighted by Gasteiger charge is -2.09. The number of nitrogens with one attached hydrogen (secondary N) is 1. The minimum Gasteiger partial charge on any atom is -0.495 e. The van der Waals surface area contributed by atoms with E-state index in [9.17, 15) is 0 Å². The minimum atomic E-state index is 0.494. The molecule has 0 aliphatic heterocycles. The van der Waals surface area contributed by atoms with Crippen LogP contribution in [0.3, 0.4) is 0 Å². The molecule has 92 valence electrons. The molecule has 0 spiro atoms. The summed E-state index contributed by atoms with van der Waals surface area (Å²) in [6, 6.07) is 7.60. The van der Waals surface area contributed by atoms with Crippen LogP contribution in [0.4, 0.5) is 0 Å². The quantitative estimate of drug-likeness (QED) is 0.606. The van der Waals surface area contributed by atoms with E-state index in [1.165, 1.54) is 0 Å². The number of hydrogen-bond donors (Lipinski definition) is 1. The van der Waals surface area contributed by atoms with Crippen LogP contribution in [0.15, 0.2) is 18.2 Å². The molecule has 0 saturated carbocycles. The van der Waals surface area contributed by atoms with E-state index < -0.39 is 0 Å². The van der Waals surface area contributed by atoms with Crippen LogP contribution in [0.2, 0.25) is 0 Å². The van der Waals surface area contributed by atoms with Gasteiger partial charge in [0.25, 0.3) is 0 Å². The molecule has 0 fully saturated rings. The molecule has 0 saturated heterocycles. The van der Waals surface area contributed by atoms with E-state index in [1.807, 2.05) is 6.07 Å². The van der Waals surface area contributed by atoms with Gasteiger partial charge in [-0.15, -0.1) is 0 Å². The van der Waals surface area contributed by atoms with Gasteiger partial charge in [-0.05, 0) is 23.6 Å². The first kappa shape index (κ1) is 13.5. The van der Waals surface area contributed by atoms with Crippen molar-refractivity contribution in [2.75, 3.05) is 13.7 Å². The summed E-state index contributed by atoms with van der Waals surface area (Å²) in [5.41, 5.74) is 4.40. The topological polar surface area (TPSA) is 54.3 Å². The van der Waals surface area contributed by atoms with E-state index in [-0.39, 0.29) is 0 Å². The SMILES string of the molecule is COc1ccc(CNOCC(C)C)cc1C#N. The lowest BCUT2D eigenvalue weighted by Crippen LogP contribution is -2.17. The Morgan fingerprint density at radius 1 is 1.41 bits per heavy atom. The second kappa shape index (κ2) is 6.89. The van der Waals surface area contributed by atoms with E-state index in [2.05, 4.69) is 25.4 Å². The maximum absolute atomic E-state index is 8.94. The van der Waals surface area contributed by atoms with Crippen molar-refractivity contribution in [3.63, 3.8) is 0 Å². The third kappa shape index (κ3) is 4.43. The van der Waals surface area contributed by atoms with Crippen molar-refractivity contribution in [3.05, 3.63) is 29.3 Å². The summed E-state index contributed by atoms with van der Waals surface area (Å²) in [7, 11) is 1.56. The first-order valence-electron chi connectivity index (χ1n) is 5.59. The molecule has 0 bridgehead atoms. The van der Waals surface area contributed by atoms with Crippen LogP contribution in [-0.2, 0) is 11.4 Å². The molecular formula is C13H18N2O2. The van der Waals surface area contributed by atoms with Crippen molar-refractivity contribution < 1.29 is 9.57 Å². The minimum absolute atomic E-state index is 0.494. The molecule has 1 aromatic rings. The highest BCUT2D eigenvalue weighted by atomic mass is 16.6. The molecule has 1 rings (SSSR count). The number of hydroxylamine groups is 1. The van der Waals surface area contributed by atoms with Crippen LogP contribution >= 0.6 is 0 Å². The van der Waals surface area contributed by atoms with E-state index in [0.717, 1.165) is 5.56 Å². The highest BCUT2D eigenvalue weighted by molar-refractivity contribution is 5.45. The smallest absolute Gasteiger partial charge is 0.136 e. The highest BCUT2D eigenvalue weighted by Gasteiger charge is 2.03. The Labute approximate surface area is 102 Å². The van der Waals surface area contributed by atoms with E-state index in [4.69, 9.17) is 14.8 Å². The third-order valence-corrected chi connectivity index (χ3v) is 2.18. The van der Waals surface area contributed by atoms with E-state index in [0.29, 0.717) is 30.4 Å². The average molecular weight is 234 g/mol. The summed E-state index contributed by atoms with van der Waals surface area (Å²) in [6.45, 7) is 5.42. The molecule has 0 unspecified atom stereocenters. The van der Waals surface area contributed by atoms with Gasteiger partial charge in [0.2, 0.25) is 0 Å². The van der Waals surface area contributed by atoms with Crippen LogP contribution in [-0.4, -0.2) is 13.7 Å². The van der Waals surface area contributed by atoms with Gasteiger partial charge < -0.3 is 9.57 Å². The zero-order valence-electron chi connectivity index (χ0n) is 10.5. The third-order valence-electron chi connectivity index (χ3n) is 2.18. The largest absolute Gasteiger partial charge is 0.495 e. The van der Waals surface area contributed by atoms with Gasteiger partial charge in [-0.3, -0.25) is 0 Å². The number of methoxy groups -OCH3 is 1. The van der Waals surface area contributed by atoms with Crippen molar-refractivity contribution >= 4 is 0 Å². The fourth-order valence-electron chi connectivity index (χ4n) is 1.31. The summed E-state index contributed by atoms with van der Waals surface area (Å²) in [4.78, 5) is 5.26. The van der Waals surface area contributed by atoms with Crippen molar-refractivity contribution in [2.24, 2.45) is 5.92 Å². The maximum Gasteiger partial charge on any atom is 0.136 e. The average Bonchev–Trinajstić information content (AvgIpc) is 2.34.